The van der Waals surface area contributed by atoms with Gasteiger partial charge in [-0.2, -0.15) is 11.8 Å². The first-order valence-corrected chi connectivity index (χ1v) is 12.4. The van der Waals surface area contributed by atoms with Crippen LogP contribution in [0.5, 0.6) is 5.75 Å². The number of carboxylic acid groups (broad SMARTS) is 1. The Bertz CT molecular complexity index is 1250. The predicted molar refractivity (Wildman–Crippen MR) is 132 cm³/mol. The van der Waals surface area contributed by atoms with Gasteiger partial charge in [-0.05, 0) is 55.9 Å². The van der Waals surface area contributed by atoms with Crippen molar-refractivity contribution in [2.75, 3.05) is 12.4 Å². The van der Waals surface area contributed by atoms with E-state index in [9.17, 15) is 19.5 Å². The highest BCUT2D eigenvalue weighted by Gasteiger charge is 2.22. The molecule has 0 radical (unpaired) electrons. The van der Waals surface area contributed by atoms with Crippen LogP contribution in [0.15, 0.2) is 51.7 Å². The smallest absolute Gasteiger partial charge is 0.339 e. The van der Waals surface area contributed by atoms with Crippen LogP contribution in [0.4, 0.5) is 0 Å². The molecule has 0 bridgehead atoms. The van der Waals surface area contributed by atoms with Crippen LogP contribution < -0.4 is 15.7 Å². The van der Waals surface area contributed by atoms with Gasteiger partial charge < -0.3 is 19.6 Å². The van der Waals surface area contributed by atoms with Gasteiger partial charge in [-0.3, -0.25) is 4.79 Å². The van der Waals surface area contributed by atoms with Gasteiger partial charge >= 0.3 is 11.6 Å². The van der Waals surface area contributed by atoms with Crippen LogP contribution in [0.2, 0.25) is 0 Å². The molecule has 1 aliphatic carbocycles. The molecule has 0 aliphatic heterocycles. The number of hydrogen-bond donors (Lipinski definition) is 2. The highest BCUT2D eigenvalue weighted by atomic mass is 32.2. The third-order valence-corrected chi connectivity index (χ3v) is 7.08. The summed E-state index contributed by atoms with van der Waals surface area (Å²) < 4.78 is 11.3. The fraction of sp³-hybridized carbons (Fsp3) is 0.346. The Morgan fingerprint density at radius 1 is 1.12 bits per heavy atom. The molecule has 1 unspecified atom stereocenters. The molecule has 8 heteroatoms. The number of aliphatic carboxylic acids is 1. The lowest BCUT2D eigenvalue weighted by Crippen LogP contribution is -2.44. The topological polar surface area (TPSA) is 106 Å². The van der Waals surface area contributed by atoms with E-state index in [1.165, 1.54) is 11.8 Å². The maximum Gasteiger partial charge on any atom is 0.339 e. The molecular formula is C26H27NO6S. The fourth-order valence-electron chi connectivity index (χ4n) is 4.20. The first-order valence-electron chi connectivity index (χ1n) is 11.3. The van der Waals surface area contributed by atoms with Crippen LogP contribution in [0, 0.1) is 6.92 Å². The molecule has 4 rings (SSSR count). The molecule has 34 heavy (non-hydrogen) atoms. The van der Waals surface area contributed by atoms with E-state index in [-0.39, 0.29) is 18.0 Å². The average Bonchev–Trinajstić information content (AvgIpc) is 2.84. The second kappa shape index (κ2) is 10.8. The molecule has 178 valence electrons. The Labute approximate surface area is 201 Å². The van der Waals surface area contributed by atoms with Crippen molar-refractivity contribution >= 4 is 34.6 Å². The molecule has 0 fully saturated rings. The molecule has 1 atom stereocenters. The first kappa shape index (κ1) is 23.9. The van der Waals surface area contributed by atoms with Gasteiger partial charge in [0.15, 0.2) is 6.61 Å². The molecule has 1 aromatic heterocycles. The molecule has 1 amide bonds. The van der Waals surface area contributed by atoms with Crippen LogP contribution in [-0.4, -0.2) is 35.4 Å². The van der Waals surface area contributed by atoms with Crippen molar-refractivity contribution in [2.24, 2.45) is 0 Å². The number of ether oxygens (including phenoxy) is 1. The van der Waals surface area contributed by atoms with E-state index in [4.69, 9.17) is 9.15 Å². The zero-order valence-corrected chi connectivity index (χ0v) is 19.8. The summed E-state index contributed by atoms with van der Waals surface area (Å²) in [6.45, 7) is 1.45. The minimum atomic E-state index is -1.10. The Morgan fingerprint density at radius 3 is 2.59 bits per heavy atom. The fourth-order valence-corrected chi connectivity index (χ4v) is 5.21. The number of fused-ring (bicyclic) bond motifs is 3. The molecule has 0 spiro atoms. The van der Waals surface area contributed by atoms with Gasteiger partial charge in [0.25, 0.3) is 5.91 Å². The lowest BCUT2D eigenvalue weighted by Gasteiger charge is -2.18. The first-order chi connectivity index (χ1) is 16.4. The van der Waals surface area contributed by atoms with Crippen molar-refractivity contribution < 1.29 is 23.8 Å². The van der Waals surface area contributed by atoms with Gasteiger partial charge in [0.05, 0.1) is 0 Å². The van der Waals surface area contributed by atoms with Gasteiger partial charge in [-0.15, -0.1) is 0 Å². The zero-order valence-electron chi connectivity index (χ0n) is 19.0. The van der Waals surface area contributed by atoms with E-state index < -0.39 is 17.9 Å². The number of thioether (sulfide) groups is 1. The Morgan fingerprint density at radius 2 is 1.85 bits per heavy atom. The van der Waals surface area contributed by atoms with Crippen LogP contribution in [0.3, 0.4) is 0 Å². The van der Waals surface area contributed by atoms with Gasteiger partial charge in [0, 0.05) is 28.0 Å². The minimum Gasteiger partial charge on any atom is -0.483 e. The number of carbonyl (C=O) groups excluding carboxylic acids is 1. The zero-order chi connectivity index (χ0) is 24.1. The number of benzene rings is 2. The summed E-state index contributed by atoms with van der Waals surface area (Å²) in [4.78, 5) is 36.4. The van der Waals surface area contributed by atoms with Crippen LogP contribution in [-0.2, 0) is 28.2 Å². The normalized spacial score (nSPS) is 13.8. The summed E-state index contributed by atoms with van der Waals surface area (Å²) in [5.74, 6) is -0.308. The summed E-state index contributed by atoms with van der Waals surface area (Å²) in [5, 5.41) is 12.9. The Balaban J connectivity index is 1.38. The summed E-state index contributed by atoms with van der Waals surface area (Å²) in [6.07, 6.45) is 3.61. The lowest BCUT2D eigenvalue weighted by atomic mass is 9.90. The van der Waals surface area contributed by atoms with Crippen molar-refractivity contribution in [3.8, 4) is 5.75 Å². The van der Waals surface area contributed by atoms with Crippen LogP contribution >= 0.6 is 11.8 Å². The van der Waals surface area contributed by atoms with Gasteiger partial charge in [0.1, 0.15) is 17.4 Å². The van der Waals surface area contributed by atoms with Crippen molar-refractivity contribution in [2.45, 2.75) is 44.4 Å². The van der Waals surface area contributed by atoms with Crippen LogP contribution in [0.1, 0.15) is 35.1 Å². The minimum absolute atomic E-state index is 0.237. The number of nitrogens with one attached hydrogen (secondary N) is 1. The summed E-state index contributed by atoms with van der Waals surface area (Å²) >= 11 is 1.44. The summed E-state index contributed by atoms with van der Waals surface area (Å²) in [7, 11) is 0. The molecule has 2 N–H and O–H groups in total. The lowest BCUT2D eigenvalue weighted by molar-refractivity contribution is -0.141. The van der Waals surface area contributed by atoms with Gasteiger partial charge in [0.2, 0.25) is 0 Å². The standard InChI is InChI=1S/C26H27NO6S/c1-16-22(12-11-19-18-9-5-6-10-20(18)26(31)33-24(16)19)32-13-23(28)27-21(25(29)30)15-34-14-17-7-3-2-4-8-17/h2-4,7-8,11-12,21H,5-6,9-10,13-15H2,1H3,(H,27,28)(H,29,30). The third-order valence-electron chi connectivity index (χ3n) is 5.98. The molecule has 0 saturated carbocycles. The number of carbonyl (C=O) groups is 2. The van der Waals surface area contributed by atoms with Crippen molar-refractivity contribution in [1.82, 2.24) is 5.32 Å². The maximum atomic E-state index is 12.4. The van der Waals surface area contributed by atoms with E-state index in [1.54, 1.807) is 13.0 Å². The molecule has 1 aliphatic rings. The van der Waals surface area contributed by atoms with E-state index in [0.717, 1.165) is 47.8 Å². The number of hydrogen-bond acceptors (Lipinski definition) is 6. The molecule has 7 nitrogen and oxygen atoms in total. The summed E-state index contributed by atoms with van der Waals surface area (Å²) in [5.41, 5.74) is 3.70. The molecular weight excluding hydrogens is 454 g/mol. The summed E-state index contributed by atoms with van der Waals surface area (Å²) in [6, 6.07) is 12.3. The van der Waals surface area contributed by atoms with Crippen molar-refractivity contribution in [1.29, 1.82) is 0 Å². The predicted octanol–water partition coefficient (Wildman–Crippen LogP) is 3.86. The monoisotopic (exact) mass is 481 g/mol. The Hall–Kier alpha value is -3.26. The van der Waals surface area contributed by atoms with Crippen molar-refractivity contribution in [3.05, 3.63) is 75.1 Å². The van der Waals surface area contributed by atoms with Gasteiger partial charge in [-0.1, -0.05) is 30.3 Å². The van der Waals surface area contributed by atoms with E-state index >= 15 is 0 Å². The maximum absolute atomic E-state index is 12.4. The second-order valence-corrected chi connectivity index (χ2v) is 9.40. The van der Waals surface area contributed by atoms with Crippen LogP contribution in [0.25, 0.3) is 11.0 Å². The number of amides is 1. The quantitative estimate of drug-likeness (QED) is 0.447. The largest absolute Gasteiger partial charge is 0.483 e. The van der Waals surface area contributed by atoms with Crippen molar-refractivity contribution in [3.63, 3.8) is 0 Å². The SMILES string of the molecule is Cc1c(OCC(=O)NC(CSCc2ccccc2)C(=O)O)ccc2c3c(c(=O)oc12)CCCC3. The Kier molecular flexibility index (Phi) is 7.57. The van der Waals surface area contributed by atoms with E-state index in [1.807, 2.05) is 36.4 Å². The van der Waals surface area contributed by atoms with E-state index in [2.05, 4.69) is 5.32 Å². The number of rotatable bonds is 9. The molecule has 0 saturated heterocycles. The highest BCUT2D eigenvalue weighted by molar-refractivity contribution is 7.98. The van der Waals surface area contributed by atoms with E-state index in [0.29, 0.717) is 22.6 Å². The number of carboxylic acids is 1. The average molecular weight is 482 g/mol. The third kappa shape index (κ3) is 5.44. The number of aryl methyl sites for hydroxylation is 2. The molecule has 1 heterocycles. The molecule has 2 aromatic carbocycles. The van der Waals surface area contributed by atoms with Gasteiger partial charge in [-0.25, -0.2) is 9.59 Å². The highest BCUT2D eigenvalue weighted by Crippen LogP contribution is 2.32. The molecule has 3 aromatic rings. The second-order valence-electron chi connectivity index (χ2n) is 8.37.